The third-order valence-corrected chi connectivity index (χ3v) is 4.17. The lowest BCUT2D eigenvalue weighted by Gasteiger charge is -2.29. The van der Waals surface area contributed by atoms with Crippen molar-refractivity contribution in [3.8, 4) is 0 Å². The zero-order valence-corrected chi connectivity index (χ0v) is 11.1. The van der Waals surface area contributed by atoms with Gasteiger partial charge in [-0.05, 0) is 45.8 Å². The fourth-order valence-electron chi connectivity index (χ4n) is 3.01. The van der Waals surface area contributed by atoms with E-state index in [0.29, 0.717) is 12.0 Å². The Bertz CT molecular complexity index is 386. The van der Waals surface area contributed by atoms with Crippen molar-refractivity contribution in [1.82, 2.24) is 20.4 Å². The quantitative estimate of drug-likeness (QED) is 0.865. The Hall–Kier alpha value is -0.940. The minimum Gasteiger partial charge on any atom is -0.338 e. The van der Waals surface area contributed by atoms with E-state index < -0.39 is 0 Å². The second-order valence-corrected chi connectivity index (χ2v) is 5.53. The summed E-state index contributed by atoms with van der Waals surface area (Å²) < 4.78 is 5.50. The van der Waals surface area contributed by atoms with Crippen LogP contribution in [0.15, 0.2) is 4.52 Å². The zero-order chi connectivity index (χ0) is 12.4. The van der Waals surface area contributed by atoms with Crippen LogP contribution in [-0.4, -0.2) is 41.7 Å². The molecule has 100 valence electrons. The number of aromatic nitrogens is 2. The molecule has 2 unspecified atom stereocenters. The molecule has 5 heteroatoms. The Morgan fingerprint density at radius 3 is 3.00 bits per heavy atom. The van der Waals surface area contributed by atoms with Crippen molar-refractivity contribution in [3.63, 3.8) is 0 Å². The van der Waals surface area contributed by atoms with Gasteiger partial charge in [-0.3, -0.25) is 4.90 Å². The van der Waals surface area contributed by atoms with Gasteiger partial charge in [0.05, 0.1) is 6.04 Å². The molecule has 0 radical (unpaired) electrons. The molecular weight excluding hydrogens is 228 g/mol. The summed E-state index contributed by atoms with van der Waals surface area (Å²) in [6.45, 7) is 3.24. The molecule has 3 heterocycles. The number of rotatable bonds is 2. The molecule has 0 aromatic carbocycles. The van der Waals surface area contributed by atoms with Crippen LogP contribution in [0.4, 0.5) is 0 Å². The van der Waals surface area contributed by atoms with Gasteiger partial charge in [0, 0.05) is 12.5 Å². The summed E-state index contributed by atoms with van der Waals surface area (Å²) in [5.41, 5.74) is 0. The highest BCUT2D eigenvalue weighted by Crippen LogP contribution is 2.29. The van der Waals surface area contributed by atoms with E-state index in [4.69, 9.17) is 4.52 Å². The molecule has 0 spiro atoms. The van der Waals surface area contributed by atoms with Gasteiger partial charge in [0.2, 0.25) is 5.89 Å². The van der Waals surface area contributed by atoms with Gasteiger partial charge >= 0.3 is 0 Å². The highest BCUT2D eigenvalue weighted by Gasteiger charge is 2.28. The van der Waals surface area contributed by atoms with Gasteiger partial charge in [-0.25, -0.2) is 0 Å². The molecular formula is C13H22N4O. The minimum absolute atomic E-state index is 0.330. The summed E-state index contributed by atoms with van der Waals surface area (Å²) >= 11 is 0. The summed E-state index contributed by atoms with van der Waals surface area (Å²) in [5, 5.41) is 7.60. The second kappa shape index (κ2) is 5.36. The molecule has 2 saturated heterocycles. The van der Waals surface area contributed by atoms with Crippen LogP contribution in [0.1, 0.15) is 55.8 Å². The molecule has 0 aliphatic carbocycles. The van der Waals surface area contributed by atoms with Crippen molar-refractivity contribution in [2.24, 2.45) is 0 Å². The summed E-state index contributed by atoms with van der Waals surface area (Å²) in [5.74, 6) is 2.15. The molecule has 0 bridgehead atoms. The van der Waals surface area contributed by atoms with E-state index in [1.807, 2.05) is 0 Å². The average Bonchev–Trinajstić information content (AvgIpc) is 2.90. The number of hydrogen-bond acceptors (Lipinski definition) is 5. The fraction of sp³-hybridized carbons (Fsp3) is 0.846. The molecule has 3 rings (SSSR count). The van der Waals surface area contributed by atoms with E-state index in [-0.39, 0.29) is 0 Å². The van der Waals surface area contributed by atoms with Crippen LogP contribution in [0.25, 0.3) is 0 Å². The smallest absolute Gasteiger partial charge is 0.243 e. The maximum absolute atomic E-state index is 5.50. The first-order valence-electron chi connectivity index (χ1n) is 7.09. The number of likely N-dealkylation sites (tertiary alicyclic amines) is 1. The Morgan fingerprint density at radius 1 is 1.28 bits per heavy atom. The van der Waals surface area contributed by atoms with Gasteiger partial charge < -0.3 is 9.84 Å². The van der Waals surface area contributed by atoms with E-state index in [2.05, 4.69) is 27.4 Å². The van der Waals surface area contributed by atoms with Crippen molar-refractivity contribution >= 4 is 0 Å². The molecule has 1 N–H and O–H groups in total. The topological polar surface area (TPSA) is 54.2 Å². The summed E-state index contributed by atoms with van der Waals surface area (Å²) in [6, 6.07) is 0.330. The molecule has 2 atom stereocenters. The van der Waals surface area contributed by atoms with E-state index in [9.17, 15) is 0 Å². The standard InChI is InChI=1S/C13H22N4O/c1-17-8-3-2-6-11(17)13-15-12(16-18-13)10-5-4-7-14-9-10/h10-11,14H,2-9H2,1H3. The lowest BCUT2D eigenvalue weighted by molar-refractivity contribution is 0.150. The molecule has 0 saturated carbocycles. The zero-order valence-electron chi connectivity index (χ0n) is 11.1. The van der Waals surface area contributed by atoms with Crippen LogP contribution in [0.5, 0.6) is 0 Å². The summed E-state index contributed by atoms with van der Waals surface area (Å²) in [7, 11) is 2.15. The third-order valence-electron chi connectivity index (χ3n) is 4.17. The van der Waals surface area contributed by atoms with Crippen molar-refractivity contribution in [3.05, 3.63) is 11.7 Å². The Labute approximate surface area is 108 Å². The molecule has 18 heavy (non-hydrogen) atoms. The minimum atomic E-state index is 0.330. The van der Waals surface area contributed by atoms with Gasteiger partial charge in [0.25, 0.3) is 0 Å². The SMILES string of the molecule is CN1CCCCC1c1nc(C2CCCNC2)no1. The lowest BCUT2D eigenvalue weighted by Crippen LogP contribution is -2.30. The van der Waals surface area contributed by atoms with E-state index >= 15 is 0 Å². The van der Waals surface area contributed by atoms with Crippen molar-refractivity contribution in [2.45, 2.75) is 44.1 Å². The fourth-order valence-corrected chi connectivity index (χ4v) is 3.01. The molecule has 0 amide bonds. The highest BCUT2D eigenvalue weighted by atomic mass is 16.5. The first kappa shape index (κ1) is 12.1. The molecule has 1 aromatic heterocycles. The Balaban J connectivity index is 1.71. The lowest BCUT2D eigenvalue weighted by atomic mass is 9.99. The van der Waals surface area contributed by atoms with Gasteiger partial charge in [-0.2, -0.15) is 4.98 Å². The van der Waals surface area contributed by atoms with E-state index in [1.54, 1.807) is 0 Å². The number of piperidine rings is 2. The first-order valence-corrected chi connectivity index (χ1v) is 7.09. The highest BCUT2D eigenvalue weighted by molar-refractivity contribution is 5.01. The predicted octanol–water partition coefficient (Wildman–Crippen LogP) is 1.69. The van der Waals surface area contributed by atoms with Crippen LogP contribution < -0.4 is 5.32 Å². The Kier molecular flexibility index (Phi) is 3.61. The summed E-state index contributed by atoms with van der Waals surface area (Å²) in [6.07, 6.45) is 6.06. The largest absolute Gasteiger partial charge is 0.338 e. The van der Waals surface area contributed by atoms with Gasteiger partial charge in [0.15, 0.2) is 5.82 Å². The van der Waals surface area contributed by atoms with E-state index in [0.717, 1.165) is 37.8 Å². The molecule has 2 fully saturated rings. The van der Waals surface area contributed by atoms with Crippen LogP contribution in [0.3, 0.4) is 0 Å². The first-order chi connectivity index (χ1) is 8.84. The van der Waals surface area contributed by atoms with Crippen LogP contribution in [-0.2, 0) is 0 Å². The second-order valence-electron chi connectivity index (χ2n) is 5.53. The summed E-state index contributed by atoms with van der Waals surface area (Å²) in [4.78, 5) is 6.98. The molecule has 2 aliphatic heterocycles. The number of nitrogens with zero attached hydrogens (tertiary/aromatic N) is 3. The van der Waals surface area contributed by atoms with Crippen LogP contribution >= 0.6 is 0 Å². The third kappa shape index (κ3) is 2.42. The van der Waals surface area contributed by atoms with Crippen molar-refractivity contribution < 1.29 is 4.52 Å². The maximum atomic E-state index is 5.50. The van der Waals surface area contributed by atoms with E-state index in [1.165, 1.54) is 25.7 Å². The number of hydrogen-bond donors (Lipinski definition) is 1. The molecule has 5 nitrogen and oxygen atoms in total. The molecule has 2 aliphatic rings. The normalized spacial score (nSPS) is 30.5. The van der Waals surface area contributed by atoms with Gasteiger partial charge in [0.1, 0.15) is 0 Å². The molecule has 1 aromatic rings. The maximum Gasteiger partial charge on any atom is 0.243 e. The van der Waals surface area contributed by atoms with Crippen molar-refractivity contribution in [2.75, 3.05) is 26.7 Å². The monoisotopic (exact) mass is 250 g/mol. The van der Waals surface area contributed by atoms with Gasteiger partial charge in [-0.15, -0.1) is 0 Å². The van der Waals surface area contributed by atoms with Crippen LogP contribution in [0, 0.1) is 0 Å². The van der Waals surface area contributed by atoms with Gasteiger partial charge in [-0.1, -0.05) is 11.6 Å². The number of nitrogens with one attached hydrogen (secondary N) is 1. The Morgan fingerprint density at radius 2 is 2.22 bits per heavy atom. The average molecular weight is 250 g/mol. The van der Waals surface area contributed by atoms with Crippen LogP contribution in [0.2, 0.25) is 0 Å². The predicted molar refractivity (Wildman–Crippen MR) is 68.4 cm³/mol. The van der Waals surface area contributed by atoms with Crippen molar-refractivity contribution in [1.29, 1.82) is 0 Å².